The van der Waals surface area contributed by atoms with Gasteiger partial charge in [0, 0.05) is 35.8 Å². The third-order valence-electron chi connectivity index (χ3n) is 5.71. The van der Waals surface area contributed by atoms with Crippen LogP contribution < -0.4 is 16.4 Å². The number of nitrogens with zero attached hydrogens (tertiary/aromatic N) is 2. The number of nitrogens with two attached hydrogens (primary N) is 1. The van der Waals surface area contributed by atoms with Crippen LogP contribution in [0.3, 0.4) is 0 Å². The molecule has 29 heavy (non-hydrogen) atoms. The van der Waals surface area contributed by atoms with Crippen molar-refractivity contribution in [2.45, 2.75) is 12.5 Å². The molecule has 1 aliphatic rings. The lowest BCUT2D eigenvalue weighted by Crippen LogP contribution is -2.43. The van der Waals surface area contributed by atoms with Crippen molar-refractivity contribution in [1.29, 1.82) is 0 Å². The topological polar surface area (TPSA) is 96.1 Å². The maximum absolute atomic E-state index is 9.82. The van der Waals surface area contributed by atoms with E-state index in [4.69, 9.17) is 12.2 Å². The number of hydrogen-bond acceptors (Lipinski definition) is 6. The van der Waals surface area contributed by atoms with Crippen LogP contribution in [0, 0.1) is 24.2 Å². The number of anilines is 2. The summed E-state index contributed by atoms with van der Waals surface area (Å²) in [5.41, 5.74) is 10.2. The molecule has 1 saturated heterocycles. The number of benzene rings is 2. The van der Waals surface area contributed by atoms with Crippen molar-refractivity contribution in [2.24, 2.45) is 17.6 Å². The van der Waals surface area contributed by atoms with E-state index in [0.717, 1.165) is 47.2 Å². The van der Waals surface area contributed by atoms with E-state index in [1.54, 1.807) is 6.33 Å². The molecule has 2 heterocycles. The van der Waals surface area contributed by atoms with Gasteiger partial charge in [-0.15, -0.1) is 6.42 Å². The molecule has 148 valence electrons. The molecule has 0 spiro atoms. The minimum absolute atomic E-state index is 0.122. The average Bonchev–Trinajstić information content (AvgIpc) is 2.78. The highest BCUT2D eigenvalue weighted by molar-refractivity contribution is 5.94. The van der Waals surface area contributed by atoms with E-state index >= 15 is 0 Å². The first-order valence-corrected chi connectivity index (χ1v) is 9.85. The van der Waals surface area contributed by atoms with Gasteiger partial charge in [0.05, 0.1) is 5.52 Å². The van der Waals surface area contributed by atoms with Gasteiger partial charge in [0.25, 0.3) is 0 Å². The molecule has 3 atom stereocenters. The zero-order chi connectivity index (χ0) is 20.2. The van der Waals surface area contributed by atoms with E-state index < -0.39 is 0 Å². The van der Waals surface area contributed by atoms with Gasteiger partial charge in [0.1, 0.15) is 12.1 Å². The fourth-order valence-electron chi connectivity index (χ4n) is 4.18. The van der Waals surface area contributed by atoms with Crippen LogP contribution in [-0.4, -0.2) is 34.8 Å². The largest absolute Gasteiger partial charge is 0.396 e. The van der Waals surface area contributed by atoms with Crippen molar-refractivity contribution in [3.8, 4) is 12.3 Å². The van der Waals surface area contributed by atoms with Gasteiger partial charge in [-0.2, -0.15) is 0 Å². The maximum atomic E-state index is 9.82. The van der Waals surface area contributed by atoms with Crippen molar-refractivity contribution in [3.05, 3.63) is 59.9 Å². The number of fused-ring (bicyclic) bond motifs is 1. The molecule has 3 aromatic rings. The molecule has 6 nitrogen and oxygen atoms in total. The number of aliphatic hydroxyl groups excluding tert-OH is 1. The van der Waals surface area contributed by atoms with E-state index in [9.17, 15) is 5.11 Å². The number of hydrogen-bond donors (Lipinski definition) is 4. The molecule has 6 heteroatoms. The Bertz CT molecular complexity index is 1040. The third kappa shape index (κ3) is 3.94. The Balaban J connectivity index is 1.76. The number of terminal acetylenes is 1. The first kappa shape index (κ1) is 19.3. The summed E-state index contributed by atoms with van der Waals surface area (Å²) in [7, 11) is 0. The molecule has 4 rings (SSSR count). The summed E-state index contributed by atoms with van der Waals surface area (Å²) in [4.78, 5) is 8.94. The second-order valence-electron chi connectivity index (χ2n) is 7.44. The van der Waals surface area contributed by atoms with Crippen LogP contribution in [0.1, 0.15) is 23.6 Å². The summed E-state index contributed by atoms with van der Waals surface area (Å²) < 4.78 is 0. The maximum Gasteiger partial charge on any atom is 0.142 e. The quantitative estimate of drug-likeness (QED) is 0.503. The van der Waals surface area contributed by atoms with E-state index in [1.807, 2.05) is 42.5 Å². The molecule has 1 unspecified atom stereocenters. The van der Waals surface area contributed by atoms with E-state index in [2.05, 4.69) is 26.5 Å². The van der Waals surface area contributed by atoms with Crippen LogP contribution in [0.4, 0.5) is 11.5 Å². The zero-order valence-corrected chi connectivity index (χ0v) is 16.2. The fourth-order valence-corrected chi connectivity index (χ4v) is 4.18. The van der Waals surface area contributed by atoms with E-state index in [1.165, 1.54) is 0 Å². The summed E-state index contributed by atoms with van der Waals surface area (Å²) in [5, 5.41) is 17.5. The Kier molecular flexibility index (Phi) is 5.72. The predicted molar refractivity (Wildman–Crippen MR) is 116 cm³/mol. The molecule has 0 saturated carbocycles. The molecule has 1 aromatic heterocycles. The number of piperidine rings is 1. The Morgan fingerprint density at radius 1 is 1.28 bits per heavy atom. The second-order valence-corrected chi connectivity index (χ2v) is 7.44. The average molecular weight is 387 g/mol. The van der Waals surface area contributed by atoms with Crippen LogP contribution >= 0.6 is 0 Å². The van der Waals surface area contributed by atoms with Gasteiger partial charge >= 0.3 is 0 Å². The first-order valence-electron chi connectivity index (χ1n) is 9.85. The van der Waals surface area contributed by atoms with Crippen LogP contribution in [0.15, 0.2) is 48.8 Å². The first-order chi connectivity index (χ1) is 14.2. The minimum Gasteiger partial charge on any atom is -0.396 e. The van der Waals surface area contributed by atoms with Gasteiger partial charge in [-0.1, -0.05) is 24.1 Å². The SMILES string of the molecule is C#Cc1cccc(Nc2ncnc3cccc(C(N)[C@@H]4CCNC[C@@H]4CO)c23)c1. The highest BCUT2D eigenvalue weighted by Crippen LogP contribution is 2.36. The second kappa shape index (κ2) is 8.58. The normalized spacial score (nSPS) is 20.2. The molecular weight excluding hydrogens is 362 g/mol. The standard InChI is InChI=1S/C23H25N5O/c1-2-15-5-3-6-17(11-15)28-23-21-19(7-4-8-20(21)26-14-27-23)22(24)18-9-10-25-12-16(18)13-29/h1,3-8,11,14,16,18,22,25,29H,9-10,12-13,24H2,(H,26,27,28)/t16-,18-,22?/m1/s1. The van der Waals surface area contributed by atoms with Crippen LogP contribution in [0.25, 0.3) is 10.9 Å². The molecule has 0 aliphatic carbocycles. The van der Waals surface area contributed by atoms with Crippen molar-refractivity contribution >= 4 is 22.4 Å². The monoisotopic (exact) mass is 387 g/mol. The molecule has 0 radical (unpaired) electrons. The fraction of sp³-hybridized carbons (Fsp3) is 0.304. The van der Waals surface area contributed by atoms with Gasteiger partial charge in [0.2, 0.25) is 0 Å². The third-order valence-corrected chi connectivity index (χ3v) is 5.71. The lowest BCUT2D eigenvalue weighted by molar-refractivity contribution is 0.129. The van der Waals surface area contributed by atoms with E-state index in [0.29, 0.717) is 5.82 Å². The lowest BCUT2D eigenvalue weighted by Gasteiger charge is -2.35. The molecule has 5 N–H and O–H groups in total. The Hall–Kier alpha value is -2.98. The number of aromatic nitrogens is 2. The summed E-state index contributed by atoms with van der Waals surface area (Å²) >= 11 is 0. The number of nitrogens with one attached hydrogen (secondary N) is 2. The Morgan fingerprint density at radius 2 is 2.14 bits per heavy atom. The lowest BCUT2D eigenvalue weighted by atomic mass is 9.78. The van der Waals surface area contributed by atoms with Crippen molar-refractivity contribution < 1.29 is 5.11 Å². The zero-order valence-electron chi connectivity index (χ0n) is 16.2. The van der Waals surface area contributed by atoms with Crippen LogP contribution in [-0.2, 0) is 0 Å². The molecule has 0 amide bonds. The Morgan fingerprint density at radius 3 is 2.97 bits per heavy atom. The minimum atomic E-state index is -0.221. The highest BCUT2D eigenvalue weighted by Gasteiger charge is 2.31. The van der Waals surface area contributed by atoms with Gasteiger partial charge in [-0.25, -0.2) is 9.97 Å². The highest BCUT2D eigenvalue weighted by atomic mass is 16.3. The number of aliphatic hydroxyl groups is 1. The van der Waals surface area contributed by atoms with Gasteiger partial charge < -0.3 is 21.5 Å². The van der Waals surface area contributed by atoms with Gasteiger partial charge in [0.15, 0.2) is 0 Å². The molecule has 0 bridgehead atoms. The molecule has 1 aliphatic heterocycles. The van der Waals surface area contributed by atoms with Gasteiger partial charge in [-0.05, 0) is 54.6 Å². The number of rotatable bonds is 5. The van der Waals surface area contributed by atoms with Crippen molar-refractivity contribution in [3.63, 3.8) is 0 Å². The summed E-state index contributed by atoms with van der Waals surface area (Å²) in [6.07, 6.45) is 8.00. The van der Waals surface area contributed by atoms with Gasteiger partial charge in [-0.3, -0.25) is 0 Å². The van der Waals surface area contributed by atoms with Crippen LogP contribution in [0.2, 0.25) is 0 Å². The molecule has 2 aromatic carbocycles. The molecule has 1 fully saturated rings. The van der Waals surface area contributed by atoms with E-state index in [-0.39, 0.29) is 24.5 Å². The van der Waals surface area contributed by atoms with Crippen molar-refractivity contribution in [1.82, 2.24) is 15.3 Å². The smallest absolute Gasteiger partial charge is 0.142 e. The predicted octanol–water partition coefficient (Wildman–Crippen LogP) is 2.57. The molecular formula is C23H25N5O. The summed E-state index contributed by atoms with van der Waals surface area (Å²) in [6, 6.07) is 13.4. The Labute approximate surface area is 170 Å². The summed E-state index contributed by atoms with van der Waals surface area (Å²) in [5.74, 6) is 3.66. The van der Waals surface area contributed by atoms with Crippen LogP contribution in [0.5, 0.6) is 0 Å². The van der Waals surface area contributed by atoms with Crippen molar-refractivity contribution in [2.75, 3.05) is 25.0 Å². The summed E-state index contributed by atoms with van der Waals surface area (Å²) in [6.45, 7) is 1.80.